The van der Waals surface area contributed by atoms with Crippen molar-refractivity contribution in [2.24, 2.45) is 0 Å². The molecule has 2 N–H and O–H groups in total. The normalized spacial score (nSPS) is 10.9. The topological polar surface area (TPSA) is 64.9 Å². The van der Waals surface area contributed by atoms with Gasteiger partial charge in [-0.15, -0.1) is 0 Å². The Kier molecular flexibility index (Phi) is 5.27. The number of rotatable bonds is 4. The van der Waals surface area contributed by atoms with Gasteiger partial charge in [0.05, 0.1) is 5.69 Å². The van der Waals surface area contributed by atoms with Crippen molar-refractivity contribution in [3.05, 3.63) is 70.9 Å². The predicted octanol–water partition coefficient (Wildman–Crippen LogP) is 4.04. The average molecular weight is 327 g/mol. The van der Waals surface area contributed by atoms with Crippen LogP contribution in [-0.4, -0.2) is 5.91 Å². The summed E-state index contributed by atoms with van der Waals surface area (Å²) in [5, 5.41) is 14.2. The van der Waals surface area contributed by atoms with Gasteiger partial charge < -0.3 is 10.6 Å². The molecule has 0 fully saturated rings. The summed E-state index contributed by atoms with van der Waals surface area (Å²) in [6.07, 6.45) is 1.04. The molecule has 2 aromatic rings. The van der Waals surface area contributed by atoms with Crippen molar-refractivity contribution in [2.45, 2.75) is 13.8 Å². The lowest BCUT2D eigenvalue weighted by atomic mass is 10.1. The molecule has 0 spiro atoms. The Morgan fingerprint density at radius 2 is 1.92 bits per heavy atom. The second-order valence-corrected chi connectivity index (χ2v) is 5.14. The minimum Gasteiger partial charge on any atom is -0.358 e. The van der Waals surface area contributed by atoms with Crippen LogP contribution in [0.4, 0.5) is 20.2 Å². The third kappa shape index (κ3) is 3.96. The highest BCUT2D eigenvalue weighted by atomic mass is 19.1. The lowest BCUT2D eigenvalue weighted by molar-refractivity contribution is -0.112. The maximum absolute atomic E-state index is 13.5. The number of nitrogens with one attached hydrogen (secondary N) is 2. The van der Waals surface area contributed by atoms with Gasteiger partial charge in [-0.3, -0.25) is 4.79 Å². The molecule has 0 aliphatic rings. The van der Waals surface area contributed by atoms with Crippen LogP contribution in [0.1, 0.15) is 11.1 Å². The summed E-state index contributed by atoms with van der Waals surface area (Å²) in [5.41, 5.74) is 2.03. The van der Waals surface area contributed by atoms with Gasteiger partial charge in [-0.1, -0.05) is 12.1 Å². The van der Waals surface area contributed by atoms with Crippen LogP contribution >= 0.6 is 0 Å². The quantitative estimate of drug-likeness (QED) is 0.658. The SMILES string of the molecule is Cc1cccc(NC(=O)/C(C#N)=C\Nc2cc(F)ccc2F)c1C. The monoisotopic (exact) mass is 327 g/mol. The van der Waals surface area contributed by atoms with Crippen LogP contribution in [0.25, 0.3) is 0 Å². The van der Waals surface area contributed by atoms with E-state index in [0.717, 1.165) is 35.5 Å². The number of benzene rings is 2. The molecular formula is C18H15F2N3O. The van der Waals surface area contributed by atoms with E-state index in [-0.39, 0.29) is 11.3 Å². The predicted molar refractivity (Wildman–Crippen MR) is 88.2 cm³/mol. The van der Waals surface area contributed by atoms with Gasteiger partial charge in [-0.25, -0.2) is 8.78 Å². The fourth-order valence-corrected chi connectivity index (χ4v) is 1.98. The molecule has 0 aliphatic carbocycles. The molecule has 0 bridgehead atoms. The highest BCUT2D eigenvalue weighted by Gasteiger charge is 2.12. The molecule has 0 atom stereocenters. The van der Waals surface area contributed by atoms with Gasteiger partial charge in [-0.2, -0.15) is 5.26 Å². The first-order valence-electron chi connectivity index (χ1n) is 7.12. The van der Waals surface area contributed by atoms with E-state index < -0.39 is 17.5 Å². The maximum Gasteiger partial charge on any atom is 0.267 e. The third-order valence-electron chi connectivity index (χ3n) is 3.52. The number of aryl methyl sites for hydroxylation is 1. The highest BCUT2D eigenvalue weighted by Crippen LogP contribution is 2.19. The van der Waals surface area contributed by atoms with Crippen LogP contribution in [-0.2, 0) is 4.79 Å². The lowest BCUT2D eigenvalue weighted by Gasteiger charge is -2.10. The molecule has 0 unspecified atom stereocenters. The number of carbonyl (C=O) groups is 1. The molecule has 0 aliphatic heterocycles. The number of nitriles is 1. The molecule has 6 heteroatoms. The summed E-state index contributed by atoms with van der Waals surface area (Å²) in [5.74, 6) is -1.97. The highest BCUT2D eigenvalue weighted by molar-refractivity contribution is 6.07. The van der Waals surface area contributed by atoms with Crippen molar-refractivity contribution in [1.82, 2.24) is 0 Å². The van der Waals surface area contributed by atoms with E-state index in [2.05, 4.69) is 10.6 Å². The van der Waals surface area contributed by atoms with Gasteiger partial charge in [0, 0.05) is 18.0 Å². The van der Waals surface area contributed by atoms with Gasteiger partial charge in [0.2, 0.25) is 0 Å². The van der Waals surface area contributed by atoms with Crippen LogP contribution < -0.4 is 10.6 Å². The van der Waals surface area contributed by atoms with Crippen molar-refractivity contribution in [2.75, 3.05) is 10.6 Å². The molecule has 2 rings (SSSR count). The molecule has 1 amide bonds. The molecular weight excluding hydrogens is 312 g/mol. The second-order valence-electron chi connectivity index (χ2n) is 5.14. The Morgan fingerprint density at radius 3 is 2.62 bits per heavy atom. The number of nitrogens with zero attached hydrogens (tertiary/aromatic N) is 1. The number of anilines is 2. The second kappa shape index (κ2) is 7.38. The van der Waals surface area contributed by atoms with Crippen LogP contribution in [0.5, 0.6) is 0 Å². The smallest absolute Gasteiger partial charge is 0.267 e. The van der Waals surface area contributed by atoms with Crippen LogP contribution in [0, 0.1) is 36.8 Å². The van der Waals surface area contributed by atoms with Crippen LogP contribution in [0.15, 0.2) is 48.2 Å². The Hall–Kier alpha value is -3.20. The fraction of sp³-hybridized carbons (Fsp3) is 0.111. The van der Waals surface area contributed by atoms with Crippen LogP contribution in [0.3, 0.4) is 0 Å². The zero-order valence-electron chi connectivity index (χ0n) is 13.2. The number of hydrogen-bond acceptors (Lipinski definition) is 3. The Balaban J connectivity index is 2.18. The van der Waals surface area contributed by atoms with Crippen molar-refractivity contribution < 1.29 is 13.6 Å². The Labute approximate surface area is 138 Å². The first-order chi connectivity index (χ1) is 11.4. The molecule has 0 radical (unpaired) electrons. The summed E-state index contributed by atoms with van der Waals surface area (Å²) in [6, 6.07) is 10.00. The minimum atomic E-state index is -0.695. The lowest BCUT2D eigenvalue weighted by Crippen LogP contribution is -2.15. The molecule has 0 saturated heterocycles. The molecule has 24 heavy (non-hydrogen) atoms. The molecule has 0 aromatic heterocycles. The molecule has 122 valence electrons. The Morgan fingerprint density at radius 1 is 1.17 bits per heavy atom. The van der Waals surface area contributed by atoms with E-state index >= 15 is 0 Å². The van der Waals surface area contributed by atoms with Gasteiger partial charge >= 0.3 is 0 Å². The summed E-state index contributed by atoms with van der Waals surface area (Å²) in [6.45, 7) is 3.75. The summed E-state index contributed by atoms with van der Waals surface area (Å²) in [4.78, 5) is 12.2. The standard InChI is InChI=1S/C18H15F2N3O/c1-11-4-3-5-16(12(11)2)23-18(24)13(9-21)10-22-17-8-14(19)6-7-15(17)20/h3-8,10,22H,1-2H3,(H,23,24)/b13-10-. The van der Waals surface area contributed by atoms with Crippen molar-refractivity contribution >= 4 is 17.3 Å². The van der Waals surface area contributed by atoms with Crippen molar-refractivity contribution in [3.63, 3.8) is 0 Å². The largest absolute Gasteiger partial charge is 0.358 e. The van der Waals surface area contributed by atoms with E-state index in [4.69, 9.17) is 5.26 Å². The van der Waals surface area contributed by atoms with Gasteiger partial charge in [0.15, 0.2) is 0 Å². The summed E-state index contributed by atoms with van der Waals surface area (Å²) < 4.78 is 26.6. The van der Waals surface area contributed by atoms with Gasteiger partial charge in [0.1, 0.15) is 23.3 Å². The fourth-order valence-electron chi connectivity index (χ4n) is 1.98. The molecule has 0 saturated carbocycles. The minimum absolute atomic E-state index is 0.165. The van der Waals surface area contributed by atoms with Crippen LogP contribution in [0.2, 0.25) is 0 Å². The number of halogens is 2. The first-order valence-corrected chi connectivity index (χ1v) is 7.12. The number of carbonyl (C=O) groups excluding carboxylic acids is 1. The van der Waals surface area contributed by atoms with E-state index in [1.54, 1.807) is 18.2 Å². The van der Waals surface area contributed by atoms with E-state index in [1.807, 2.05) is 19.9 Å². The zero-order valence-corrected chi connectivity index (χ0v) is 13.2. The maximum atomic E-state index is 13.5. The summed E-state index contributed by atoms with van der Waals surface area (Å²) in [7, 11) is 0. The first kappa shape index (κ1) is 17.2. The Bertz CT molecular complexity index is 854. The number of amides is 1. The van der Waals surface area contributed by atoms with Crippen molar-refractivity contribution in [1.29, 1.82) is 5.26 Å². The molecule has 0 heterocycles. The average Bonchev–Trinajstić information content (AvgIpc) is 2.55. The zero-order chi connectivity index (χ0) is 17.7. The number of hydrogen-bond donors (Lipinski definition) is 2. The van der Waals surface area contributed by atoms with Crippen molar-refractivity contribution in [3.8, 4) is 6.07 Å². The van der Waals surface area contributed by atoms with Gasteiger partial charge in [0.25, 0.3) is 5.91 Å². The van der Waals surface area contributed by atoms with E-state index in [1.165, 1.54) is 0 Å². The summed E-state index contributed by atoms with van der Waals surface area (Å²) >= 11 is 0. The third-order valence-corrected chi connectivity index (χ3v) is 3.52. The van der Waals surface area contributed by atoms with Gasteiger partial charge in [-0.05, 0) is 43.2 Å². The molecule has 4 nitrogen and oxygen atoms in total. The van der Waals surface area contributed by atoms with E-state index in [0.29, 0.717) is 5.69 Å². The van der Waals surface area contributed by atoms with E-state index in [9.17, 15) is 13.6 Å². The molecule has 2 aromatic carbocycles.